The zero-order chi connectivity index (χ0) is 16.2. The van der Waals surface area contributed by atoms with Crippen molar-refractivity contribution in [2.75, 3.05) is 5.73 Å². The third-order valence-corrected chi connectivity index (χ3v) is 4.31. The molecule has 1 aromatic heterocycles. The lowest BCUT2D eigenvalue weighted by atomic mass is 10.0. The molecule has 1 heterocycles. The van der Waals surface area contributed by atoms with Gasteiger partial charge in [-0.15, -0.1) is 11.3 Å². The number of anilines is 1. The number of thiophene rings is 1. The molecule has 3 aromatic rings. The Balaban J connectivity index is 1.83. The van der Waals surface area contributed by atoms with Crippen molar-refractivity contribution < 1.29 is 9.18 Å². The summed E-state index contributed by atoms with van der Waals surface area (Å²) in [6, 6.07) is 15.7. The first-order valence-electron chi connectivity index (χ1n) is 7.10. The van der Waals surface area contributed by atoms with Gasteiger partial charge in [0.2, 0.25) is 0 Å². The summed E-state index contributed by atoms with van der Waals surface area (Å²) in [6.45, 7) is 0.428. The fraction of sp³-hybridized carbons (Fsp3) is 0.0556. The van der Waals surface area contributed by atoms with Gasteiger partial charge in [0.15, 0.2) is 0 Å². The molecular formula is C18H15FN2OS. The second-order valence-electron chi connectivity index (χ2n) is 5.06. The molecule has 0 saturated heterocycles. The summed E-state index contributed by atoms with van der Waals surface area (Å²) in [7, 11) is 0. The maximum Gasteiger partial charge on any atom is 0.255 e. The van der Waals surface area contributed by atoms with Gasteiger partial charge in [0.25, 0.3) is 5.91 Å². The van der Waals surface area contributed by atoms with E-state index in [2.05, 4.69) is 5.32 Å². The standard InChI is InChI=1S/C18H15FN2OS/c19-14-8-6-13(7-9-14)15-11-23-17(20)16(15)18(22)21-10-12-4-2-1-3-5-12/h1-9,11H,10,20H2,(H,21,22). The normalized spacial score (nSPS) is 10.5. The number of rotatable bonds is 4. The van der Waals surface area contributed by atoms with E-state index in [1.807, 2.05) is 35.7 Å². The molecule has 116 valence electrons. The number of nitrogens with one attached hydrogen (secondary N) is 1. The van der Waals surface area contributed by atoms with Gasteiger partial charge in [0.05, 0.1) is 10.6 Å². The zero-order valence-corrected chi connectivity index (χ0v) is 13.1. The van der Waals surface area contributed by atoms with Gasteiger partial charge < -0.3 is 11.1 Å². The Hall–Kier alpha value is -2.66. The van der Waals surface area contributed by atoms with E-state index < -0.39 is 0 Å². The van der Waals surface area contributed by atoms with Gasteiger partial charge in [-0.1, -0.05) is 42.5 Å². The number of nitrogens with two attached hydrogens (primary N) is 1. The van der Waals surface area contributed by atoms with Crippen LogP contribution < -0.4 is 11.1 Å². The highest BCUT2D eigenvalue weighted by molar-refractivity contribution is 7.15. The van der Waals surface area contributed by atoms with E-state index in [-0.39, 0.29) is 11.7 Å². The molecule has 0 bridgehead atoms. The van der Waals surface area contributed by atoms with Crippen LogP contribution in [0.3, 0.4) is 0 Å². The third kappa shape index (κ3) is 3.40. The van der Waals surface area contributed by atoms with E-state index in [9.17, 15) is 9.18 Å². The smallest absolute Gasteiger partial charge is 0.255 e. The van der Waals surface area contributed by atoms with Crippen molar-refractivity contribution in [2.24, 2.45) is 0 Å². The van der Waals surface area contributed by atoms with Crippen LogP contribution in [0.2, 0.25) is 0 Å². The number of halogens is 1. The first kappa shape index (κ1) is 15.2. The van der Waals surface area contributed by atoms with Crippen molar-refractivity contribution in [1.82, 2.24) is 5.32 Å². The molecular weight excluding hydrogens is 311 g/mol. The van der Waals surface area contributed by atoms with Gasteiger partial charge in [-0.3, -0.25) is 4.79 Å². The highest BCUT2D eigenvalue weighted by atomic mass is 32.1. The lowest BCUT2D eigenvalue weighted by Gasteiger charge is -2.08. The van der Waals surface area contributed by atoms with Gasteiger partial charge in [-0.05, 0) is 23.3 Å². The van der Waals surface area contributed by atoms with Crippen LogP contribution in [0.5, 0.6) is 0 Å². The number of carbonyl (C=O) groups is 1. The van der Waals surface area contributed by atoms with Gasteiger partial charge in [-0.2, -0.15) is 0 Å². The number of benzene rings is 2. The predicted molar refractivity (Wildman–Crippen MR) is 91.7 cm³/mol. The Morgan fingerprint density at radius 3 is 2.48 bits per heavy atom. The molecule has 0 aliphatic rings. The van der Waals surface area contributed by atoms with Crippen LogP contribution in [0.25, 0.3) is 11.1 Å². The molecule has 0 atom stereocenters. The molecule has 5 heteroatoms. The first-order valence-corrected chi connectivity index (χ1v) is 7.98. The fourth-order valence-electron chi connectivity index (χ4n) is 2.32. The van der Waals surface area contributed by atoms with Crippen LogP contribution in [0.15, 0.2) is 60.0 Å². The largest absolute Gasteiger partial charge is 0.390 e. The molecule has 3 nitrogen and oxygen atoms in total. The molecule has 0 unspecified atom stereocenters. The van der Waals surface area contributed by atoms with Gasteiger partial charge in [0, 0.05) is 17.5 Å². The Labute approximate surface area is 137 Å². The number of carbonyl (C=O) groups excluding carboxylic acids is 1. The maximum atomic E-state index is 13.1. The Bertz CT molecular complexity index is 813. The highest BCUT2D eigenvalue weighted by Gasteiger charge is 2.18. The first-order chi connectivity index (χ1) is 11.1. The zero-order valence-electron chi connectivity index (χ0n) is 12.3. The summed E-state index contributed by atoms with van der Waals surface area (Å²) in [5, 5.41) is 5.15. The molecule has 23 heavy (non-hydrogen) atoms. The molecule has 0 radical (unpaired) electrons. The molecule has 1 amide bonds. The minimum Gasteiger partial charge on any atom is -0.390 e. The summed E-state index contributed by atoms with van der Waals surface area (Å²) < 4.78 is 13.1. The molecule has 0 saturated carbocycles. The average Bonchev–Trinajstić information content (AvgIpc) is 2.96. The van der Waals surface area contributed by atoms with E-state index in [0.717, 1.165) is 16.7 Å². The minimum atomic E-state index is -0.313. The van der Waals surface area contributed by atoms with Crippen molar-refractivity contribution in [3.05, 3.63) is 76.9 Å². The van der Waals surface area contributed by atoms with Crippen molar-refractivity contribution in [2.45, 2.75) is 6.54 Å². The Morgan fingerprint density at radius 1 is 1.09 bits per heavy atom. The number of amides is 1. The molecule has 0 aliphatic heterocycles. The van der Waals surface area contributed by atoms with E-state index in [0.29, 0.717) is 17.1 Å². The number of nitrogen functional groups attached to an aromatic ring is 1. The van der Waals surface area contributed by atoms with E-state index in [1.54, 1.807) is 12.1 Å². The SMILES string of the molecule is Nc1scc(-c2ccc(F)cc2)c1C(=O)NCc1ccccc1. The van der Waals surface area contributed by atoms with Crippen LogP contribution in [-0.4, -0.2) is 5.91 Å². The quantitative estimate of drug-likeness (QED) is 0.759. The molecule has 0 aliphatic carbocycles. The third-order valence-electron chi connectivity index (χ3n) is 3.50. The number of hydrogen-bond acceptors (Lipinski definition) is 3. The summed E-state index contributed by atoms with van der Waals surface area (Å²) in [4.78, 5) is 12.5. The average molecular weight is 326 g/mol. The second kappa shape index (κ2) is 6.62. The predicted octanol–water partition coefficient (Wildman–Crippen LogP) is 4.07. The van der Waals surface area contributed by atoms with Gasteiger partial charge >= 0.3 is 0 Å². The Kier molecular flexibility index (Phi) is 4.39. The molecule has 3 N–H and O–H groups in total. The van der Waals surface area contributed by atoms with Crippen LogP contribution in [-0.2, 0) is 6.54 Å². The van der Waals surface area contributed by atoms with E-state index in [4.69, 9.17) is 5.73 Å². The van der Waals surface area contributed by atoms with Crippen LogP contribution >= 0.6 is 11.3 Å². The lowest BCUT2D eigenvalue weighted by molar-refractivity contribution is 0.0953. The van der Waals surface area contributed by atoms with Crippen LogP contribution in [0, 0.1) is 5.82 Å². The molecule has 2 aromatic carbocycles. The van der Waals surface area contributed by atoms with E-state index >= 15 is 0 Å². The van der Waals surface area contributed by atoms with Gasteiger partial charge in [0.1, 0.15) is 5.82 Å². The highest BCUT2D eigenvalue weighted by Crippen LogP contribution is 2.33. The number of hydrogen-bond donors (Lipinski definition) is 2. The topological polar surface area (TPSA) is 55.1 Å². The summed E-state index contributed by atoms with van der Waals surface area (Å²) in [6.07, 6.45) is 0. The lowest BCUT2D eigenvalue weighted by Crippen LogP contribution is -2.23. The fourth-order valence-corrected chi connectivity index (χ4v) is 3.13. The van der Waals surface area contributed by atoms with Gasteiger partial charge in [-0.25, -0.2) is 4.39 Å². The van der Waals surface area contributed by atoms with Crippen LogP contribution in [0.1, 0.15) is 15.9 Å². The van der Waals surface area contributed by atoms with Crippen molar-refractivity contribution in [3.8, 4) is 11.1 Å². The summed E-state index contributed by atoms with van der Waals surface area (Å²) in [5.74, 6) is -0.543. The monoisotopic (exact) mass is 326 g/mol. The van der Waals surface area contributed by atoms with E-state index in [1.165, 1.54) is 23.5 Å². The Morgan fingerprint density at radius 2 is 1.78 bits per heavy atom. The molecule has 0 fully saturated rings. The second-order valence-corrected chi connectivity index (χ2v) is 5.98. The summed E-state index contributed by atoms with van der Waals surface area (Å²) >= 11 is 1.30. The maximum absolute atomic E-state index is 13.1. The minimum absolute atomic E-state index is 0.230. The van der Waals surface area contributed by atoms with Crippen molar-refractivity contribution in [3.63, 3.8) is 0 Å². The van der Waals surface area contributed by atoms with Crippen molar-refractivity contribution >= 4 is 22.2 Å². The van der Waals surface area contributed by atoms with Crippen molar-refractivity contribution in [1.29, 1.82) is 0 Å². The molecule has 0 spiro atoms. The molecule has 3 rings (SSSR count). The summed E-state index contributed by atoms with van der Waals surface area (Å²) in [5.41, 5.74) is 8.90. The van der Waals surface area contributed by atoms with Crippen LogP contribution in [0.4, 0.5) is 9.39 Å².